The van der Waals surface area contributed by atoms with Crippen LogP contribution in [0.2, 0.25) is 0 Å². The summed E-state index contributed by atoms with van der Waals surface area (Å²) in [7, 11) is 0. The first-order valence-corrected chi connectivity index (χ1v) is 11.1. The van der Waals surface area contributed by atoms with Crippen molar-refractivity contribution < 1.29 is 14.4 Å². The van der Waals surface area contributed by atoms with Gasteiger partial charge in [-0.15, -0.1) is 0 Å². The monoisotopic (exact) mass is 462 g/mol. The first-order chi connectivity index (χ1) is 17.0. The molecule has 0 radical (unpaired) electrons. The SMILES string of the molecule is Cc1ccc(NC(=O)c2ccccc2)cc1NC(=O)c1ccc2c(c1)NC(=O)/C2=C\c1ccc[nH]1. The number of hydrogen-bond donors (Lipinski definition) is 4. The van der Waals surface area contributed by atoms with Crippen molar-refractivity contribution in [1.29, 1.82) is 0 Å². The number of nitrogens with one attached hydrogen (secondary N) is 4. The zero-order chi connectivity index (χ0) is 24.4. The molecule has 1 aliphatic rings. The van der Waals surface area contributed by atoms with Crippen LogP contribution in [0.1, 0.15) is 37.5 Å². The van der Waals surface area contributed by atoms with Crippen molar-refractivity contribution in [2.45, 2.75) is 6.92 Å². The highest BCUT2D eigenvalue weighted by Crippen LogP contribution is 2.34. The molecule has 0 bridgehead atoms. The van der Waals surface area contributed by atoms with Crippen molar-refractivity contribution in [1.82, 2.24) is 4.98 Å². The van der Waals surface area contributed by atoms with Crippen molar-refractivity contribution in [3.05, 3.63) is 113 Å². The standard InChI is InChI=1S/C28H22N4O3/c1-17-9-11-21(30-26(33)18-6-3-2-4-7-18)16-24(17)31-27(34)19-10-12-22-23(15-20-8-5-13-29-20)28(35)32-25(22)14-19/h2-16,29H,1H3,(H,30,33)(H,31,34)(H,32,35)/b23-15-. The molecule has 0 aliphatic carbocycles. The lowest BCUT2D eigenvalue weighted by molar-refractivity contribution is -0.110. The van der Waals surface area contributed by atoms with E-state index in [4.69, 9.17) is 0 Å². The summed E-state index contributed by atoms with van der Waals surface area (Å²) in [6.45, 7) is 1.87. The Hall–Kier alpha value is -4.91. The van der Waals surface area contributed by atoms with Gasteiger partial charge < -0.3 is 20.9 Å². The maximum Gasteiger partial charge on any atom is 0.256 e. The zero-order valence-corrected chi connectivity index (χ0v) is 18.9. The Bertz CT molecular complexity index is 1470. The molecular weight excluding hydrogens is 440 g/mol. The molecule has 0 spiro atoms. The topological polar surface area (TPSA) is 103 Å². The van der Waals surface area contributed by atoms with E-state index in [-0.39, 0.29) is 17.7 Å². The molecule has 1 aromatic heterocycles. The van der Waals surface area contributed by atoms with Gasteiger partial charge in [-0.05, 0) is 67.1 Å². The average Bonchev–Trinajstić information content (AvgIpc) is 3.49. The molecule has 172 valence electrons. The third-order valence-electron chi connectivity index (χ3n) is 5.77. The van der Waals surface area contributed by atoms with Crippen molar-refractivity contribution >= 4 is 46.4 Å². The first kappa shape index (κ1) is 21.9. The fourth-order valence-corrected chi connectivity index (χ4v) is 3.89. The Kier molecular flexibility index (Phi) is 5.73. The molecule has 35 heavy (non-hydrogen) atoms. The van der Waals surface area contributed by atoms with Gasteiger partial charge in [-0.3, -0.25) is 14.4 Å². The number of aromatic nitrogens is 1. The molecule has 4 aromatic rings. The number of fused-ring (bicyclic) bond motifs is 1. The molecule has 3 aromatic carbocycles. The molecule has 2 heterocycles. The minimum atomic E-state index is -0.321. The van der Waals surface area contributed by atoms with Crippen LogP contribution >= 0.6 is 0 Å². The second kappa shape index (κ2) is 9.15. The van der Waals surface area contributed by atoms with Gasteiger partial charge in [0.1, 0.15) is 0 Å². The Labute approximate surface area is 201 Å². The number of benzene rings is 3. The molecule has 0 saturated heterocycles. The van der Waals surface area contributed by atoms with E-state index in [0.29, 0.717) is 33.8 Å². The normalized spacial score (nSPS) is 13.3. The van der Waals surface area contributed by atoms with Crippen LogP contribution in [0.5, 0.6) is 0 Å². The molecular formula is C28H22N4O3. The Morgan fingerprint density at radius 1 is 0.829 bits per heavy atom. The largest absolute Gasteiger partial charge is 0.362 e. The van der Waals surface area contributed by atoms with Gasteiger partial charge in [0.05, 0.1) is 5.57 Å². The molecule has 0 atom stereocenters. The summed E-state index contributed by atoms with van der Waals surface area (Å²) in [5.74, 6) is -0.771. The van der Waals surface area contributed by atoms with Gasteiger partial charge >= 0.3 is 0 Å². The van der Waals surface area contributed by atoms with Crippen LogP contribution in [0, 0.1) is 6.92 Å². The van der Waals surface area contributed by atoms with Crippen LogP contribution in [-0.2, 0) is 4.79 Å². The lowest BCUT2D eigenvalue weighted by atomic mass is 10.0. The highest BCUT2D eigenvalue weighted by Gasteiger charge is 2.25. The van der Waals surface area contributed by atoms with Crippen LogP contribution in [0.25, 0.3) is 11.6 Å². The molecule has 0 saturated carbocycles. The predicted octanol–water partition coefficient (Wildman–Crippen LogP) is 5.32. The summed E-state index contributed by atoms with van der Waals surface area (Å²) in [5.41, 5.74) is 5.63. The van der Waals surface area contributed by atoms with Gasteiger partial charge in [0.2, 0.25) is 0 Å². The van der Waals surface area contributed by atoms with E-state index in [2.05, 4.69) is 20.9 Å². The number of hydrogen-bond acceptors (Lipinski definition) is 3. The van der Waals surface area contributed by atoms with E-state index in [1.807, 2.05) is 31.2 Å². The van der Waals surface area contributed by atoms with Crippen molar-refractivity contribution in [3.8, 4) is 0 Å². The highest BCUT2D eigenvalue weighted by molar-refractivity contribution is 6.35. The van der Waals surface area contributed by atoms with Gasteiger partial charge in [-0.2, -0.15) is 0 Å². The maximum atomic E-state index is 13.0. The Morgan fingerprint density at radius 3 is 2.40 bits per heavy atom. The number of anilines is 3. The molecule has 3 amide bonds. The lowest BCUT2D eigenvalue weighted by Gasteiger charge is -2.12. The molecule has 7 heteroatoms. The minimum Gasteiger partial charge on any atom is -0.362 e. The summed E-state index contributed by atoms with van der Waals surface area (Å²) < 4.78 is 0. The van der Waals surface area contributed by atoms with E-state index >= 15 is 0 Å². The van der Waals surface area contributed by atoms with Crippen molar-refractivity contribution in [2.24, 2.45) is 0 Å². The molecule has 0 fully saturated rings. The third-order valence-corrected chi connectivity index (χ3v) is 5.77. The molecule has 5 rings (SSSR count). The second-order valence-electron chi connectivity index (χ2n) is 8.20. The first-order valence-electron chi connectivity index (χ1n) is 11.1. The van der Waals surface area contributed by atoms with E-state index in [9.17, 15) is 14.4 Å². The Balaban J connectivity index is 1.34. The van der Waals surface area contributed by atoms with Crippen LogP contribution in [-0.4, -0.2) is 22.7 Å². The summed E-state index contributed by atoms with van der Waals surface area (Å²) in [6.07, 6.45) is 3.57. The number of H-pyrrole nitrogens is 1. The fourth-order valence-electron chi connectivity index (χ4n) is 3.89. The van der Waals surface area contributed by atoms with Crippen LogP contribution < -0.4 is 16.0 Å². The molecule has 4 N–H and O–H groups in total. The summed E-state index contributed by atoms with van der Waals surface area (Å²) in [4.78, 5) is 41.0. The van der Waals surface area contributed by atoms with E-state index in [1.54, 1.807) is 66.9 Å². The fraction of sp³-hybridized carbons (Fsp3) is 0.0357. The van der Waals surface area contributed by atoms with Crippen LogP contribution in [0.4, 0.5) is 17.1 Å². The van der Waals surface area contributed by atoms with Crippen LogP contribution in [0.15, 0.2) is 85.1 Å². The summed E-state index contributed by atoms with van der Waals surface area (Å²) in [5, 5.41) is 8.59. The quantitative estimate of drug-likeness (QED) is 0.302. The number of aryl methyl sites for hydroxylation is 1. The lowest BCUT2D eigenvalue weighted by Crippen LogP contribution is -2.15. The number of rotatable bonds is 5. The minimum absolute atomic E-state index is 0.218. The second-order valence-corrected chi connectivity index (χ2v) is 8.20. The van der Waals surface area contributed by atoms with E-state index < -0.39 is 0 Å². The summed E-state index contributed by atoms with van der Waals surface area (Å²) >= 11 is 0. The third kappa shape index (κ3) is 4.60. The van der Waals surface area contributed by atoms with Crippen molar-refractivity contribution in [3.63, 3.8) is 0 Å². The Morgan fingerprint density at radius 2 is 1.63 bits per heavy atom. The van der Waals surface area contributed by atoms with E-state index in [0.717, 1.165) is 16.8 Å². The molecule has 0 unspecified atom stereocenters. The van der Waals surface area contributed by atoms with Gasteiger partial charge in [-0.25, -0.2) is 0 Å². The van der Waals surface area contributed by atoms with Gasteiger partial charge in [0.15, 0.2) is 0 Å². The van der Waals surface area contributed by atoms with Gasteiger partial charge in [0, 0.05) is 45.6 Å². The number of carbonyl (C=O) groups excluding carboxylic acids is 3. The zero-order valence-electron chi connectivity index (χ0n) is 18.9. The average molecular weight is 463 g/mol. The molecule has 7 nitrogen and oxygen atoms in total. The number of aromatic amines is 1. The number of carbonyl (C=O) groups is 3. The van der Waals surface area contributed by atoms with Crippen molar-refractivity contribution in [2.75, 3.05) is 16.0 Å². The highest BCUT2D eigenvalue weighted by atomic mass is 16.2. The predicted molar refractivity (Wildman–Crippen MR) is 137 cm³/mol. The smallest absolute Gasteiger partial charge is 0.256 e. The maximum absolute atomic E-state index is 13.0. The number of amides is 3. The molecule has 1 aliphatic heterocycles. The van der Waals surface area contributed by atoms with Gasteiger partial charge in [-0.1, -0.05) is 30.3 Å². The summed E-state index contributed by atoms with van der Waals surface area (Å²) in [6, 6.07) is 23.1. The van der Waals surface area contributed by atoms with E-state index in [1.165, 1.54) is 0 Å². The van der Waals surface area contributed by atoms with Gasteiger partial charge in [0.25, 0.3) is 17.7 Å². The van der Waals surface area contributed by atoms with Crippen LogP contribution in [0.3, 0.4) is 0 Å².